The van der Waals surface area contributed by atoms with Crippen LogP contribution < -0.4 is 14.8 Å². The fraction of sp³-hybridized carbons (Fsp3) is 0.650. The first-order chi connectivity index (χ1) is 12.7. The van der Waals surface area contributed by atoms with Gasteiger partial charge in [0.05, 0.1) is 30.5 Å². The van der Waals surface area contributed by atoms with E-state index in [1.54, 1.807) is 12.1 Å². The molecule has 26 heavy (non-hydrogen) atoms. The molecule has 0 aromatic heterocycles. The van der Waals surface area contributed by atoms with Gasteiger partial charge in [-0.15, -0.1) is 0 Å². The van der Waals surface area contributed by atoms with Gasteiger partial charge in [0, 0.05) is 24.6 Å². The van der Waals surface area contributed by atoms with E-state index in [4.69, 9.17) is 21.1 Å². The van der Waals surface area contributed by atoms with E-state index in [-0.39, 0.29) is 5.91 Å². The molecule has 0 radical (unpaired) electrons. The van der Waals surface area contributed by atoms with Crippen molar-refractivity contribution in [2.45, 2.75) is 51.0 Å². The second-order valence-electron chi connectivity index (χ2n) is 7.60. The van der Waals surface area contributed by atoms with Crippen molar-refractivity contribution in [3.05, 3.63) is 17.2 Å². The summed E-state index contributed by atoms with van der Waals surface area (Å²) < 4.78 is 11.3. The summed E-state index contributed by atoms with van der Waals surface area (Å²) in [6, 6.07) is 4.08. The number of piperidine rings is 1. The number of ether oxygens (including phenoxy) is 2. The van der Waals surface area contributed by atoms with E-state index >= 15 is 0 Å². The molecule has 2 aliphatic heterocycles. The van der Waals surface area contributed by atoms with Crippen LogP contribution in [0.1, 0.15) is 44.9 Å². The van der Waals surface area contributed by atoms with Crippen LogP contribution in [0.3, 0.4) is 0 Å². The van der Waals surface area contributed by atoms with Crippen molar-refractivity contribution in [3.8, 4) is 11.5 Å². The summed E-state index contributed by atoms with van der Waals surface area (Å²) in [7, 11) is 0. The van der Waals surface area contributed by atoms with E-state index in [1.807, 2.05) is 0 Å². The normalized spacial score (nSPS) is 25.9. The topological polar surface area (TPSA) is 50.8 Å². The maximum Gasteiger partial charge on any atom is 0.238 e. The molecule has 0 unspecified atom stereocenters. The van der Waals surface area contributed by atoms with Crippen molar-refractivity contribution in [2.75, 3.05) is 31.6 Å². The van der Waals surface area contributed by atoms with Gasteiger partial charge in [-0.05, 0) is 38.1 Å². The van der Waals surface area contributed by atoms with E-state index < -0.39 is 0 Å². The van der Waals surface area contributed by atoms with Crippen LogP contribution in [0.15, 0.2) is 12.1 Å². The fourth-order valence-electron chi connectivity index (χ4n) is 4.58. The standard InChI is InChI=1S/C20H27ClN2O3/c21-15-11-18-19(26-10-4-9-25-18)12-16(15)22-20(24)13-23-8-3-6-14-5-1-2-7-17(14)23/h11-12,14,17H,1-10,13H2,(H,22,24)/t14-,17-/m1/s1. The van der Waals surface area contributed by atoms with Crippen molar-refractivity contribution >= 4 is 23.2 Å². The summed E-state index contributed by atoms with van der Waals surface area (Å²) in [5, 5.41) is 3.46. The van der Waals surface area contributed by atoms with Gasteiger partial charge in [-0.1, -0.05) is 24.4 Å². The molecular weight excluding hydrogens is 352 g/mol. The second-order valence-corrected chi connectivity index (χ2v) is 8.01. The van der Waals surface area contributed by atoms with Gasteiger partial charge in [-0.2, -0.15) is 0 Å². The largest absolute Gasteiger partial charge is 0.490 e. The predicted octanol–water partition coefficient (Wildman–Crippen LogP) is 4.09. The molecular formula is C20H27ClN2O3. The number of nitrogens with zero attached hydrogens (tertiary/aromatic N) is 1. The van der Waals surface area contributed by atoms with Gasteiger partial charge < -0.3 is 14.8 Å². The molecule has 1 N–H and O–H groups in total. The summed E-state index contributed by atoms with van der Waals surface area (Å²) in [4.78, 5) is 15.0. The predicted molar refractivity (Wildman–Crippen MR) is 102 cm³/mol. The number of benzene rings is 1. The minimum absolute atomic E-state index is 0.00684. The molecule has 6 heteroatoms. The highest BCUT2D eigenvalue weighted by Crippen LogP contribution is 2.38. The molecule has 4 rings (SSSR count). The zero-order valence-corrected chi connectivity index (χ0v) is 15.9. The lowest BCUT2D eigenvalue weighted by Gasteiger charge is -2.43. The van der Waals surface area contributed by atoms with Crippen LogP contribution in [0.25, 0.3) is 0 Å². The van der Waals surface area contributed by atoms with E-state index in [9.17, 15) is 4.79 Å². The van der Waals surface area contributed by atoms with Gasteiger partial charge in [0.2, 0.25) is 5.91 Å². The Hall–Kier alpha value is -1.46. The summed E-state index contributed by atoms with van der Waals surface area (Å²) in [5.41, 5.74) is 0.595. The highest BCUT2D eigenvalue weighted by molar-refractivity contribution is 6.34. The minimum atomic E-state index is -0.00684. The number of carbonyl (C=O) groups is 1. The number of rotatable bonds is 3. The summed E-state index contributed by atoms with van der Waals surface area (Å²) in [6.45, 7) is 2.68. The molecule has 2 atom stereocenters. The molecule has 1 aliphatic carbocycles. The molecule has 5 nitrogen and oxygen atoms in total. The van der Waals surface area contributed by atoms with Gasteiger partial charge in [0.1, 0.15) is 0 Å². The van der Waals surface area contributed by atoms with Crippen LogP contribution in [0, 0.1) is 5.92 Å². The van der Waals surface area contributed by atoms with Crippen LogP contribution in [-0.4, -0.2) is 43.2 Å². The van der Waals surface area contributed by atoms with E-state index in [1.165, 1.54) is 38.5 Å². The third-order valence-electron chi connectivity index (χ3n) is 5.82. The van der Waals surface area contributed by atoms with Crippen LogP contribution in [0.5, 0.6) is 11.5 Å². The van der Waals surface area contributed by atoms with Gasteiger partial charge in [-0.25, -0.2) is 0 Å². The Bertz CT molecular complexity index is 665. The number of fused-ring (bicyclic) bond motifs is 2. The van der Waals surface area contributed by atoms with Crippen molar-refractivity contribution in [1.82, 2.24) is 4.90 Å². The van der Waals surface area contributed by atoms with Crippen LogP contribution in [0.2, 0.25) is 5.02 Å². The number of hydrogen-bond donors (Lipinski definition) is 1. The number of halogens is 1. The lowest BCUT2D eigenvalue weighted by molar-refractivity contribution is -0.118. The monoisotopic (exact) mass is 378 g/mol. The maximum absolute atomic E-state index is 12.7. The Kier molecular flexibility index (Phi) is 5.55. The first-order valence-corrected chi connectivity index (χ1v) is 10.2. The van der Waals surface area contributed by atoms with Gasteiger partial charge >= 0.3 is 0 Å². The second kappa shape index (κ2) is 8.05. The van der Waals surface area contributed by atoms with Gasteiger partial charge in [0.15, 0.2) is 11.5 Å². The van der Waals surface area contributed by atoms with Crippen LogP contribution in [-0.2, 0) is 4.79 Å². The third-order valence-corrected chi connectivity index (χ3v) is 6.13. The lowest BCUT2D eigenvalue weighted by atomic mass is 9.78. The molecule has 2 heterocycles. The molecule has 1 amide bonds. The number of carbonyl (C=O) groups excluding carboxylic acids is 1. The quantitative estimate of drug-likeness (QED) is 0.860. The first kappa shape index (κ1) is 17.9. The highest BCUT2D eigenvalue weighted by atomic mass is 35.5. The van der Waals surface area contributed by atoms with Crippen molar-refractivity contribution in [3.63, 3.8) is 0 Å². The lowest BCUT2D eigenvalue weighted by Crippen LogP contribution is -2.49. The zero-order valence-electron chi connectivity index (χ0n) is 15.1. The van der Waals surface area contributed by atoms with E-state index in [0.29, 0.717) is 48.0 Å². The number of likely N-dealkylation sites (tertiary alicyclic amines) is 1. The molecule has 1 aromatic carbocycles. The van der Waals surface area contributed by atoms with Crippen LogP contribution >= 0.6 is 11.6 Å². The smallest absolute Gasteiger partial charge is 0.238 e. The summed E-state index contributed by atoms with van der Waals surface area (Å²) in [5.74, 6) is 2.05. The zero-order chi connectivity index (χ0) is 17.9. The average Bonchev–Trinajstić information content (AvgIpc) is 2.87. The number of amides is 1. The van der Waals surface area contributed by atoms with Gasteiger partial charge in [-0.3, -0.25) is 9.69 Å². The average molecular weight is 379 g/mol. The fourth-order valence-corrected chi connectivity index (χ4v) is 4.78. The molecule has 142 valence electrons. The Morgan fingerprint density at radius 2 is 1.81 bits per heavy atom. The van der Waals surface area contributed by atoms with E-state index in [0.717, 1.165) is 18.9 Å². The molecule has 1 saturated heterocycles. The maximum atomic E-state index is 12.7. The molecule has 0 spiro atoms. The molecule has 2 fully saturated rings. The highest BCUT2D eigenvalue weighted by Gasteiger charge is 2.34. The number of nitrogens with one attached hydrogen (secondary N) is 1. The summed E-state index contributed by atoms with van der Waals surface area (Å²) >= 11 is 6.35. The molecule has 1 aromatic rings. The van der Waals surface area contributed by atoms with Crippen molar-refractivity contribution in [2.24, 2.45) is 5.92 Å². The Balaban J connectivity index is 1.42. The Morgan fingerprint density at radius 1 is 1.08 bits per heavy atom. The van der Waals surface area contributed by atoms with Crippen molar-refractivity contribution in [1.29, 1.82) is 0 Å². The van der Waals surface area contributed by atoms with E-state index in [2.05, 4.69) is 10.2 Å². The number of anilines is 1. The molecule has 1 saturated carbocycles. The Labute approximate surface area is 160 Å². The molecule has 0 bridgehead atoms. The Morgan fingerprint density at radius 3 is 2.65 bits per heavy atom. The van der Waals surface area contributed by atoms with Gasteiger partial charge in [0.25, 0.3) is 0 Å². The third kappa shape index (κ3) is 3.94. The number of hydrogen-bond acceptors (Lipinski definition) is 4. The SMILES string of the molecule is O=C(CN1CCC[C@H]2CCCC[C@H]21)Nc1cc2c(cc1Cl)OCCCO2. The first-order valence-electron chi connectivity index (χ1n) is 9.84. The molecule has 3 aliphatic rings. The minimum Gasteiger partial charge on any atom is -0.490 e. The van der Waals surface area contributed by atoms with Crippen LogP contribution in [0.4, 0.5) is 5.69 Å². The summed E-state index contributed by atoms with van der Waals surface area (Å²) in [6.07, 6.45) is 8.52. The van der Waals surface area contributed by atoms with Crippen molar-refractivity contribution < 1.29 is 14.3 Å².